The average molecular weight is 272 g/mol. The Morgan fingerprint density at radius 3 is 2.55 bits per heavy atom. The second kappa shape index (κ2) is 5.88. The van der Waals surface area contributed by atoms with E-state index in [9.17, 15) is 4.79 Å². The Kier molecular flexibility index (Phi) is 4.20. The minimum atomic E-state index is -0.326. The third kappa shape index (κ3) is 3.05. The van der Waals surface area contributed by atoms with Gasteiger partial charge in [0.15, 0.2) is 0 Å². The van der Waals surface area contributed by atoms with E-state index in [1.807, 2.05) is 51.2 Å². The summed E-state index contributed by atoms with van der Waals surface area (Å²) < 4.78 is 1.67. The molecule has 0 spiro atoms. The Labute approximate surface area is 118 Å². The summed E-state index contributed by atoms with van der Waals surface area (Å²) in [6.07, 6.45) is 1.79. The van der Waals surface area contributed by atoms with E-state index in [1.54, 1.807) is 10.9 Å². The van der Waals surface area contributed by atoms with Crippen LogP contribution >= 0.6 is 0 Å². The molecule has 0 radical (unpaired) electrons. The fourth-order valence-corrected chi connectivity index (χ4v) is 2.10. The smallest absolute Gasteiger partial charge is 0.229 e. The third-order valence-corrected chi connectivity index (χ3v) is 3.41. The van der Waals surface area contributed by atoms with Crippen LogP contribution in [-0.2, 0) is 11.8 Å². The first-order chi connectivity index (χ1) is 9.49. The number of hydrogen-bond donors (Lipinski definition) is 2. The second-order valence-corrected chi connectivity index (χ2v) is 5.02. The number of carbonyl (C=O) groups excluding carboxylic acids is 1. The van der Waals surface area contributed by atoms with E-state index in [-0.39, 0.29) is 17.9 Å². The van der Waals surface area contributed by atoms with Crippen molar-refractivity contribution in [3.05, 3.63) is 47.8 Å². The average Bonchev–Trinajstić information content (AvgIpc) is 2.76. The van der Waals surface area contributed by atoms with Crippen molar-refractivity contribution >= 4 is 11.6 Å². The van der Waals surface area contributed by atoms with Crippen LogP contribution in [0.15, 0.2) is 36.5 Å². The SMILES string of the molecule is Cc1nn(C)cc1NC(=O)C(C)C(N)c1ccccc1. The van der Waals surface area contributed by atoms with E-state index in [2.05, 4.69) is 10.4 Å². The monoisotopic (exact) mass is 272 g/mol. The van der Waals surface area contributed by atoms with E-state index in [4.69, 9.17) is 5.73 Å². The van der Waals surface area contributed by atoms with Crippen molar-refractivity contribution in [1.29, 1.82) is 0 Å². The van der Waals surface area contributed by atoms with Crippen LogP contribution in [0.3, 0.4) is 0 Å². The molecule has 2 atom stereocenters. The maximum atomic E-state index is 12.3. The molecule has 0 saturated carbocycles. The Morgan fingerprint density at radius 1 is 1.35 bits per heavy atom. The Morgan fingerprint density at radius 2 is 2.00 bits per heavy atom. The zero-order chi connectivity index (χ0) is 14.7. The summed E-state index contributed by atoms with van der Waals surface area (Å²) >= 11 is 0. The summed E-state index contributed by atoms with van der Waals surface area (Å²) in [5, 5.41) is 7.08. The highest BCUT2D eigenvalue weighted by Gasteiger charge is 2.22. The number of carbonyl (C=O) groups is 1. The van der Waals surface area contributed by atoms with E-state index in [1.165, 1.54) is 0 Å². The standard InChI is InChI=1S/C15H20N4O/c1-10(14(16)12-7-5-4-6-8-12)15(20)17-13-9-19(3)18-11(13)2/h4-10,14H,16H2,1-3H3,(H,17,20). The Balaban J connectivity index is 2.07. The van der Waals surface area contributed by atoms with Crippen molar-refractivity contribution in [1.82, 2.24) is 9.78 Å². The molecule has 2 unspecified atom stereocenters. The number of aryl methyl sites for hydroxylation is 2. The number of nitrogens with zero attached hydrogens (tertiary/aromatic N) is 2. The van der Waals surface area contributed by atoms with Crippen LogP contribution in [0.25, 0.3) is 0 Å². The highest BCUT2D eigenvalue weighted by molar-refractivity contribution is 5.93. The molecule has 20 heavy (non-hydrogen) atoms. The summed E-state index contributed by atoms with van der Waals surface area (Å²) in [6, 6.07) is 9.32. The number of nitrogens with one attached hydrogen (secondary N) is 1. The molecule has 5 heteroatoms. The first kappa shape index (κ1) is 14.3. The van der Waals surface area contributed by atoms with Gasteiger partial charge in [0, 0.05) is 19.3 Å². The normalized spacial score (nSPS) is 13.8. The number of aromatic nitrogens is 2. The zero-order valence-electron chi connectivity index (χ0n) is 12.0. The van der Waals surface area contributed by atoms with Gasteiger partial charge in [-0.3, -0.25) is 9.48 Å². The van der Waals surface area contributed by atoms with Gasteiger partial charge in [0.25, 0.3) is 0 Å². The van der Waals surface area contributed by atoms with E-state index in [0.717, 1.165) is 16.9 Å². The molecule has 2 rings (SSSR count). The number of hydrogen-bond acceptors (Lipinski definition) is 3. The molecular weight excluding hydrogens is 252 g/mol. The first-order valence-corrected chi connectivity index (χ1v) is 6.60. The summed E-state index contributed by atoms with van der Waals surface area (Å²) in [4.78, 5) is 12.3. The van der Waals surface area contributed by atoms with Crippen LogP contribution in [0.2, 0.25) is 0 Å². The van der Waals surface area contributed by atoms with Gasteiger partial charge in [0.2, 0.25) is 5.91 Å². The van der Waals surface area contributed by atoms with Crippen LogP contribution in [0.4, 0.5) is 5.69 Å². The van der Waals surface area contributed by atoms with Crippen LogP contribution in [-0.4, -0.2) is 15.7 Å². The van der Waals surface area contributed by atoms with Crippen molar-refractivity contribution < 1.29 is 4.79 Å². The van der Waals surface area contributed by atoms with E-state index in [0.29, 0.717) is 0 Å². The lowest BCUT2D eigenvalue weighted by Gasteiger charge is -2.19. The number of rotatable bonds is 4. The third-order valence-electron chi connectivity index (χ3n) is 3.41. The molecule has 2 aromatic rings. The zero-order valence-corrected chi connectivity index (χ0v) is 12.0. The topological polar surface area (TPSA) is 72.9 Å². The molecular formula is C15H20N4O. The van der Waals surface area contributed by atoms with Crippen molar-refractivity contribution in [2.45, 2.75) is 19.9 Å². The summed E-state index contributed by atoms with van der Waals surface area (Å²) in [7, 11) is 1.82. The van der Waals surface area contributed by atoms with Crippen LogP contribution < -0.4 is 11.1 Å². The summed E-state index contributed by atoms with van der Waals surface area (Å²) in [6.45, 7) is 3.69. The van der Waals surface area contributed by atoms with Gasteiger partial charge in [0.05, 0.1) is 17.3 Å². The maximum Gasteiger partial charge on any atom is 0.229 e. The lowest BCUT2D eigenvalue weighted by atomic mass is 9.94. The number of anilines is 1. The van der Waals surface area contributed by atoms with E-state index < -0.39 is 0 Å². The number of amides is 1. The molecule has 0 saturated heterocycles. The molecule has 1 aromatic heterocycles. The summed E-state index contributed by atoms with van der Waals surface area (Å²) in [5.41, 5.74) is 8.63. The molecule has 1 amide bonds. The Bertz CT molecular complexity index is 591. The molecule has 0 fully saturated rings. The van der Waals surface area contributed by atoms with Gasteiger partial charge in [-0.05, 0) is 12.5 Å². The highest BCUT2D eigenvalue weighted by Crippen LogP contribution is 2.21. The Hall–Kier alpha value is -2.14. The lowest BCUT2D eigenvalue weighted by molar-refractivity contribution is -0.120. The number of benzene rings is 1. The fourth-order valence-electron chi connectivity index (χ4n) is 2.10. The fraction of sp³-hybridized carbons (Fsp3) is 0.333. The van der Waals surface area contributed by atoms with Gasteiger partial charge in [-0.25, -0.2) is 0 Å². The van der Waals surface area contributed by atoms with Gasteiger partial charge >= 0.3 is 0 Å². The van der Waals surface area contributed by atoms with Crippen molar-refractivity contribution in [2.75, 3.05) is 5.32 Å². The van der Waals surface area contributed by atoms with Crippen molar-refractivity contribution in [3.63, 3.8) is 0 Å². The molecule has 1 heterocycles. The predicted molar refractivity (Wildman–Crippen MR) is 79.1 cm³/mol. The molecule has 1 aromatic carbocycles. The van der Waals surface area contributed by atoms with E-state index >= 15 is 0 Å². The lowest BCUT2D eigenvalue weighted by Crippen LogP contribution is -2.30. The minimum Gasteiger partial charge on any atom is -0.323 e. The first-order valence-electron chi connectivity index (χ1n) is 6.60. The maximum absolute atomic E-state index is 12.3. The second-order valence-electron chi connectivity index (χ2n) is 5.02. The quantitative estimate of drug-likeness (QED) is 0.894. The molecule has 0 aliphatic heterocycles. The van der Waals surface area contributed by atoms with Gasteiger partial charge in [-0.1, -0.05) is 37.3 Å². The molecule has 3 N–H and O–H groups in total. The van der Waals surface area contributed by atoms with Gasteiger partial charge < -0.3 is 11.1 Å². The largest absolute Gasteiger partial charge is 0.323 e. The van der Waals surface area contributed by atoms with Crippen molar-refractivity contribution in [3.8, 4) is 0 Å². The van der Waals surface area contributed by atoms with Crippen LogP contribution in [0, 0.1) is 12.8 Å². The number of nitrogens with two attached hydrogens (primary N) is 1. The summed E-state index contributed by atoms with van der Waals surface area (Å²) in [5.74, 6) is -0.422. The minimum absolute atomic E-state index is 0.0996. The van der Waals surface area contributed by atoms with Crippen molar-refractivity contribution in [2.24, 2.45) is 18.7 Å². The van der Waals surface area contributed by atoms with Gasteiger partial charge in [0.1, 0.15) is 0 Å². The highest BCUT2D eigenvalue weighted by atomic mass is 16.1. The molecule has 0 aliphatic carbocycles. The van der Waals surface area contributed by atoms with Crippen LogP contribution in [0.1, 0.15) is 24.2 Å². The molecule has 5 nitrogen and oxygen atoms in total. The molecule has 106 valence electrons. The van der Waals surface area contributed by atoms with Gasteiger partial charge in [-0.2, -0.15) is 5.10 Å². The predicted octanol–water partition coefficient (Wildman–Crippen LogP) is 2.00. The molecule has 0 aliphatic rings. The van der Waals surface area contributed by atoms with Crippen LogP contribution in [0.5, 0.6) is 0 Å². The molecule has 0 bridgehead atoms. The van der Waals surface area contributed by atoms with Gasteiger partial charge in [-0.15, -0.1) is 0 Å².